The first-order chi connectivity index (χ1) is 16.6. The summed E-state index contributed by atoms with van der Waals surface area (Å²) in [7, 11) is 0. The minimum Gasteiger partial charge on any atom is -0.492 e. The second-order valence-corrected chi connectivity index (χ2v) is 8.33. The Labute approximate surface area is 200 Å². The summed E-state index contributed by atoms with van der Waals surface area (Å²) in [6, 6.07) is 19.9. The number of hydrogen-bond donors (Lipinski definition) is 1. The first kappa shape index (κ1) is 23.2. The van der Waals surface area contributed by atoms with Gasteiger partial charge in [-0.25, -0.2) is 5.43 Å². The van der Waals surface area contributed by atoms with E-state index in [4.69, 9.17) is 4.74 Å². The third-order valence-corrected chi connectivity index (χ3v) is 6.23. The Bertz CT molecular complexity index is 1280. The number of nitrogens with one attached hydrogen (secondary N) is 1. The standard InChI is InChI=1S/C28H30N4O2/c1-4-20(2)22-9-11-24(12-10-22)34-18-17-32-21(3)26(25-7-5-6-8-27(25)32)19-30-31-28(33)23-13-15-29-16-14-23/h5-16,19-20H,4,17-18H2,1-3H3,(H,31,33)/b30-19+. The molecular formula is C28H30N4O2. The predicted octanol–water partition coefficient (Wildman–Crippen LogP) is 5.70. The number of amides is 1. The normalized spacial score (nSPS) is 12.2. The van der Waals surface area contributed by atoms with Crippen molar-refractivity contribution in [3.05, 3.63) is 95.4 Å². The van der Waals surface area contributed by atoms with Crippen molar-refractivity contribution in [2.24, 2.45) is 5.10 Å². The lowest BCUT2D eigenvalue weighted by molar-refractivity contribution is 0.0955. The number of hydrazone groups is 1. The zero-order valence-corrected chi connectivity index (χ0v) is 19.9. The van der Waals surface area contributed by atoms with Gasteiger partial charge in [0, 0.05) is 40.1 Å². The van der Waals surface area contributed by atoms with Gasteiger partial charge in [0.1, 0.15) is 12.4 Å². The molecule has 4 aromatic rings. The molecule has 0 bridgehead atoms. The number of fused-ring (bicyclic) bond motifs is 1. The van der Waals surface area contributed by atoms with E-state index in [1.807, 2.05) is 24.3 Å². The summed E-state index contributed by atoms with van der Waals surface area (Å²) in [5.41, 5.74) is 7.60. The second kappa shape index (κ2) is 10.8. The first-order valence-electron chi connectivity index (χ1n) is 11.6. The number of aromatic nitrogens is 2. The SMILES string of the molecule is CCC(C)c1ccc(OCCn2c(C)c(/C=N/NC(=O)c3ccncc3)c3ccccc32)cc1. The number of ether oxygens (including phenoxy) is 1. The molecule has 2 aromatic carbocycles. The highest BCUT2D eigenvalue weighted by Gasteiger charge is 2.13. The van der Waals surface area contributed by atoms with Crippen LogP contribution in [0.1, 0.15) is 53.4 Å². The number of hydrogen-bond acceptors (Lipinski definition) is 4. The van der Waals surface area contributed by atoms with Crippen LogP contribution < -0.4 is 10.2 Å². The molecule has 2 aromatic heterocycles. The van der Waals surface area contributed by atoms with Gasteiger partial charge in [0.25, 0.3) is 5.91 Å². The zero-order chi connectivity index (χ0) is 23.9. The Morgan fingerprint density at radius 1 is 1.12 bits per heavy atom. The Morgan fingerprint density at radius 3 is 2.59 bits per heavy atom. The molecule has 0 saturated heterocycles. The molecule has 174 valence electrons. The molecule has 2 heterocycles. The molecular weight excluding hydrogens is 424 g/mol. The molecule has 0 radical (unpaired) electrons. The first-order valence-corrected chi connectivity index (χ1v) is 11.6. The van der Waals surface area contributed by atoms with Crippen molar-refractivity contribution in [3.63, 3.8) is 0 Å². The summed E-state index contributed by atoms with van der Waals surface area (Å²) in [5, 5.41) is 5.29. The van der Waals surface area contributed by atoms with Gasteiger partial charge < -0.3 is 9.30 Å². The fourth-order valence-corrected chi connectivity index (χ4v) is 4.02. The lowest BCUT2D eigenvalue weighted by Gasteiger charge is -2.12. The van der Waals surface area contributed by atoms with Crippen molar-refractivity contribution in [2.75, 3.05) is 6.61 Å². The molecule has 6 heteroatoms. The molecule has 34 heavy (non-hydrogen) atoms. The van der Waals surface area contributed by atoms with Crippen molar-refractivity contribution in [3.8, 4) is 5.75 Å². The Kier molecular flexibility index (Phi) is 7.38. The monoisotopic (exact) mass is 454 g/mol. The number of pyridine rings is 1. The minimum absolute atomic E-state index is 0.271. The van der Waals surface area contributed by atoms with E-state index < -0.39 is 0 Å². The van der Waals surface area contributed by atoms with Crippen LogP contribution in [0.15, 0.2) is 78.2 Å². The lowest BCUT2D eigenvalue weighted by atomic mass is 9.99. The van der Waals surface area contributed by atoms with Crippen molar-refractivity contribution >= 4 is 23.0 Å². The van der Waals surface area contributed by atoms with Gasteiger partial charge in [-0.15, -0.1) is 0 Å². The van der Waals surface area contributed by atoms with Crippen LogP contribution in [0.5, 0.6) is 5.75 Å². The molecule has 1 N–H and O–H groups in total. The maximum absolute atomic E-state index is 12.3. The van der Waals surface area contributed by atoms with Crippen LogP contribution in [0.2, 0.25) is 0 Å². The van der Waals surface area contributed by atoms with E-state index in [9.17, 15) is 4.79 Å². The number of carbonyl (C=O) groups is 1. The highest BCUT2D eigenvalue weighted by Crippen LogP contribution is 2.25. The van der Waals surface area contributed by atoms with E-state index in [0.717, 1.165) is 34.3 Å². The van der Waals surface area contributed by atoms with Crippen molar-refractivity contribution in [2.45, 2.75) is 39.7 Å². The van der Waals surface area contributed by atoms with Gasteiger partial charge in [-0.05, 0) is 55.2 Å². The van der Waals surface area contributed by atoms with Gasteiger partial charge in [0.05, 0.1) is 12.8 Å². The lowest BCUT2D eigenvalue weighted by Crippen LogP contribution is -2.17. The quantitative estimate of drug-likeness (QED) is 0.260. The summed E-state index contributed by atoms with van der Waals surface area (Å²) in [6.45, 7) is 7.76. The summed E-state index contributed by atoms with van der Waals surface area (Å²) in [4.78, 5) is 16.2. The fraction of sp³-hybridized carbons (Fsp3) is 0.250. The summed E-state index contributed by atoms with van der Waals surface area (Å²) in [5.74, 6) is 1.16. The smallest absolute Gasteiger partial charge is 0.271 e. The number of para-hydroxylation sites is 1. The third kappa shape index (κ3) is 5.17. The van der Waals surface area contributed by atoms with Crippen molar-refractivity contribution < 1.29 is 9.53 Å². The number of rotatable bonds is 9. The highest BCUT2D eigenvalue weighted by atomic mass is 16.5. The molecule has 6 nitrogen and oxygen atoms in total. The van der Waals surface area contributed by atoms with Crippen LogP contribution in [0, 0.1) is 6.92 Å². The van der Waals surface area contributed by atoms with Gasteiger partial charge in [-0.3, -0.25) is 9.78 Å². The average molecular weight is 455 g/mol. The van der Waals surface area contributed by atoms with Gasteiger partial charge in [-0.1, -0.05) is 44.2 Å². The fourth-order valence-electron chi connectivity index (χ4n) is 4.02. The largest absolute Gasteiger partial charge is 0.492 e. The van der Waals surface area contributed by atoms with E-state index in [2.05, 4.69) is 65.1 Å². The molecule has 4 rings (SSSR count). The molecule has 1 unspecified atom stereocenters. The maximum atomic E-state index is 12.3. The Balaban J connectivity index is 1.46. The van der Waals surface area contributed by atoms with Crippen LogP contribution >= 0.6 is 0 Å². The van der Waals surface area contributed by atoms with Crippen LogP contribution in [-0.4, -0.2) is 28.3 Å². The minimum atomic E-state index is -0.271. The molecule has 0 aliphatic carbocycles. The van der Waals surface area contributed by atoms with E-state index in [1.165, 1.54) is 5.56 Å². The van der Waals surface area contributed by atoms with E-state index >= 15 is 0 Å². The van der Waals surface area contributed by atoms with E-state index in [1.54, 1.807) is 30.7 Å². The van der Waals surface area contributed by atoms with Crippen LogP contribution in [0.3, 0.4) is 0 Å². The summed E-state index contributed by atoms with van der Waals surface area (Å²) >= 11 is 0. The average Bonchev–Trinajstić information content (AvgIpc) is 3.15. The Hall–Kier alpha value is -3.93. The van der Waals surface area contributed by atoms with Crippen molar-refractivity contribution in [1.29, 1.82) is 0 Å². The van der Waals surface area contributed by atoms with Crippen LogP contribution in [-0.2, 0) is 6.54 Å². The van der Waals surface area contributed by atoms with E-state index in [-0.39, 0.29) is 5.91 Å². The molecule has 0 spiro atoms. The van der Waals surface area contributed by atoms with Gasteiger partial charge in [-0.2, -0.15) is 5.10 Å². The molecule has 0 aliphatic rings. The molecule has 0 aliphatic heterocycles. The third-order valence-electron chi connectivity index (χ3n) is 6.23. The predicted molar refractivity (Wildman–Crippen MR) is 137 cm³/mol. The van der Waals surface area contributed by atoms with Gasteiger partial charge >= 0.3 is 0 Å². The summed E-state index contributed by atoms with van der Waals surface area (Å²) < 4.78 is 8.27. The zero-order valence-electron chi connectivity index (χ0n) is 19.9. The number of benzene rings is 2. The molecule has 0 fully saturated rings. The maximum Gasteiger partial charge on any atom is 0.271 e. The summed E-state index contributed by atoms with van der Waals surface area (Å²) in [6.07, 6.45) is 6.00. The number of carbonyl (C=O) groups excluding carboxylic acids is 1. The second-order valence-electron chi connectivity index (χ2n) is 8.33. The van der Waals surface area contributed by atoms with Gasteiger partial charge in [0.2, 0.25) is 0 Å². The molecule has 1 atom stereocenters. The van der Waals surface area contributed by atoms with Crippen LogP contribution in [0.4, 0.5) is 0 Å². The van der Waals surface area contributed by atoms with E-state index in [0.29, 0.717) is 24.6 Å². The van der Waals surface area contributed by atoms with Gasteiger partial charge in [0.15, 0.2) is 0 Å². The highest BCUT2D eigenvalue weighted by molar-refractivity contribution is 6.02. The molecule has 1 amide bonds. The van der Waals surface area contributed by atoms with Crippen LogP contribution in [0.25, 0.3) is 10.9 Å². The van der Waals surface area contributed by atoms with Crippen molar-refractivity contribution in [1.82, 2.24) is 15.0 Å². The Morgan fingerprint density at radius 2 is 1.85 bits per heavy atom. The molecule has 0 saturated carbocycles. The topological polar surface area (TPSA) is 68.5 Å². The number of nitrogens with zero attached hydrogens (tertiary/aromatic N) is 3.